The lowest BCUT2D eigenvalue weighted by Gasteiger charge is -2.39. The van der Waals surface area contributed by atoms with E-state index in [1.54, 1.807) is 26.4 Å². The van der Waals surface area contributed by atoms with E-state index in [4.69, 9.17) is 14.2 Å². The highest BCUT2D eigenvalue weighted by Crippen LogP contribution is 2.36. The predicted octanol–water partition coefficient (Wildman–Crippen LogP) is 3.43. The molecular formula is C21H31BrN2O4. The molecule has 2 atom stereocenters. The molecular weight excluding hydrogens is 424 g/mol. The second-order valence-corrected chi connectivity index (χ2v) is 8.70. The van der Waals surface area contributed by atoms with Gasteiger partial charge in [-0.2, -0.15) is 0 Å². The molecule has 2 heterocycles. The van der Waals surface area contributed by atoms with Crippen LogP contribution in [0.2, 0.25) is 0 Å². The molecule has 2 unspecified atom stereocenters. The molecule has 2 aliphatic heterocycles. The second-order valence-electron chi connectivity index (χ2n) is 7.91. The van der Waals surface area contributed by atoms with Crippen LogP contribution >= 0.6 is 15.9 Å². The van der Waals surface area contributed by atoms with E-state index in [0.29, 0.717) is 35.2 Å². The van der Waals surface area contributed by atoms with Crippen molar-refractivity contribution in [3.63, 3.8) is 0 Å². The number of halogens is 1. The summed E-state index contributed by atoms with van der Waals surface area (Å²) < 4.78 is 17.3. The minimum absolute atomic E-state index is 0.0381. The summed E-state index contributed by atoms with van der Waals surface area (Å²) in [4.78, 5) is 17.5. The number of carbonyl (C=O) groups is 1. The fourth-order valence-electron chi connectivity index (χ4n) is 4.29. The minimum Gasteiger partial charge on any atom is -0.495 e. The van der Waals surface area contributed by atoms with E-state index in [1.165, 1.54) is 0 Å². The lowest BCUT2D eigenvalue weighted by molar-refractivity contribution is -0.0728. The zero-order valence-electron chi connectivity index (χ0n) is 17.2. The summed E-state index contributed by atoms with van der Waals surface area (Å²) >= 11 is 3.46. The highest BCUT2D eigenvalue weighted by atomic mass is 79.9. The van der Waals surface area contributed by atoms with E-state index in [0.717, 1.165) is 50.0 Å². The van der Waals surface area contributed by atoms with Crippen molar-refractivity contribution in [1.82, 2.24) is 9.80 Å². The molecule has 1 aromatic rings. The summed E-state index contributed by atoms with van der Waals surface area (Å²) in [6.07, 6.45) is 2.67. The maximum Gasteiger partial charge on any atom is 0.254 e. The van der Waals surface area contributed by atoms with E-state index in [9.17, 15) is 4.79 Å². The van der Waals surface area contributed by atoms with Gasteiger partial charge in [0.15, 0.2) is 0 Å². The average molecular weight is 455 g/mol. The molecule has 6 nitrogen and oxygen atoms in total. The molecule has 0 radical (unpaired) electrons. The maximum atomic E-state index is 13.0. The maximum absolute atomic E-state index is 13.0. The molecule has 1 aromatic carbocycles. The smallest absolute Gasteiger partial charge is 0.254 e. The third-order valence-electron chi connectivity index (χ3n) is 5.61. The van der Waals surface area contributed by atoms with E-state index in [2.05, 4.69) is 34.7 Å². The van der Waals surface area contributed by atoms with Gasteiger partial charge in [-0.1, -0.05) is 0 Å². The van der Waals surface area contributed by atoms with Gasteiger partial charge in [-0.15, -0.1) is 0 Å². The van der Waals surface area contributed by atoms with Crippen molar-refractivity contribution in [2.45, 2.75) is 38.9 Å². The molecule has 2 aliphatic rings. The van der Waals surface area contributed by atoms with E-state index in [1.807, 2.05) is 4.90 Å². The van der Waals surface area contributed by atoms with Crippen LogP contribution in [0.1, 0.15) is 37.0 Å². The highest BCUT2D eigenvalue weighted by Gasteiger charge is 2.28. The first-order valence-electron chi connectivity index (χ1n) is 9.99. The first kappa shape index (κ1) is 21.4. The van der Waals surface area contributed by atoms with Crippen LogP contribution in [0.3, 0.4) is 0 Å². The molecule has 1 amide bonds. The fraction of sp³-hybridized carbons (Fsp3) is 0.667. The number of benzene rings is 1. The number of nitrogens with zero attached hydrogens (tertiary/aromatic N) is 2. The Hall–Kier alpha value is -1.31. The predicted molar refractivity (Wildman–Crippen MR) is 112 cm³/mol. The number of likely N-dealkylation sites (tertiary alicyclic amines) is 1. The van der Waals surface area contributed by atoms with Crippen LogP contribution in [0, 0.1) is 5.92 Å². The largest absolute Gasteiger partial charge is 0.495 e. The summed E-state index contributed by atoms with van der Waals surface area (Å²) in [6.45, 7) is 8.97. The SMILES string of the molecule is COc1cc(C(=O)N2CCC(CN3CC(C)OC(C)C3)CC2)cc(OC)c1Br. The summed E-state index contributed by atoms with van der Waals surface area (Å²) in [5.41, 5.74) is 0.603. The Kier molecular flexibility index (Phi) is 7.23. The van der Waals surface area contributed by atoms with E-state index in [-0.39, 0.29) is 5.91 Å². The van der Waals surface area contributed by atoms with Gasteiger partial charge in [-0.05, 0) is 60.7 Å². The second kappa shape index (κ2) is 9.46. The van der Waals surface area contributed by atoms with Crippen LogP contribution in [-0.2, 0) is 4.74 Å². The van der Waals surface area contributed by atoms with Crippen LogP contribution in [0.5, 0.6) is 11.5 Å². The van der Waals surface area contributed by atoms with Crippen molar-refractivity contribution in [2.24, 2.45) is 5.92 Å². The Morgan fingerprint density at radius 2 is 1.64 bits per heavy atom. The van der Waals surface area contributed by atoms with Gasteiger partial charge < -0.3 is 19.1 Å². The van der Waals surface area contributed by atoms with Gasteiger partial charge in [0, 0.05) is 38.3 Å². The highest BCUT2D eigenvalue weighted by molar-refractivity contribution is 9.10. The number of rotatable bonds is 5. The molecule has 2 saturated heterocycles. The Labute approximate surface area is 176 Å². The Morgan fingerprint density at radius 1 is 1.11 bits per heavy atom. The molecule has 0 saturated carbocycles. The summed E-state index contributed by atoms with van der Waals surface area (Å²) in [5, 5.41) is 0. The van der Waals surface area contributed by atoms with Crippen LogP contribution in [0.25, 0.3) is 0 Å². The van der Waals surface area contributed by atoms with Gasteiger partial charge in [-0.3, -0.25) is 9.69 Å². The zero-order valence-corrected chi connectivity index (χ0v) is 18.8. The molecule has 156 valence electrons. The number of hydrogen-bond donors (Lipinski definition) is 0. The topological polar surface area (TPSA) is 51.2 Å². The van der Waals surface area contributed by atoms with Gasteiger partial charge in [0.1, 0.15) is 16.0 Å². The molecule has 28 heavy (non-hydrogen) atoms. The Bertz CT molecular complexity index is 656. The zero-order chi connectivity index (χ0) is 20.3. The van der Waals surface area contributed by atoms with Crippen molar-refractivity contribution in [2.75, 3.05) is 46.9 Å². The first-order chi connectivity index (χ1) is 13.4. The lowest BCUT2D eigenvalue weighted by atomic mass is 9.95. The van der Waals surface area contributed by atoms with Crippen molar-refractivity contribution < 1.29 is 19.0 Å². The Morgan fingerprint density at radius 3 is 2.14 bits per heavy atom. The monoisotopic (exact) mass is 454 g/mol. The molecule has 0 N–H and O–H groups in total. The molecule has 2 fully saturated rings. The first-order valence-corrected chi connectivity index (χ1v) is 10.8. The average Bonchev–Trinajstić information content (AvgIpc) is 2.67. The normalized spacial score (nSPS) is 24.2. The molecule has 0 bridgehead atoms. The van der Waals surface area contributed by atoms with Gasteiger partial charge in [0.2, 0.25) is 0 Å². The number of amides is 1. The molecule has 0 aliphatic carbocycles. The van der Waals surface area contributed by atoms with Gasteiger partial charge >= 0.3 is 0 Å². The summed E-state index contributed by atoms with van der Waals surface area (Å²) in [7, 11) is 3.18. The van der Waals surface area contributed by atoms with Crippen LogP contribution in [0.4, 0.5) is 0 Å². The molecule has 0 aromatic heterocycles. The number of piperidine rings is 1. The summed E-state index contributed by atoms with van der Waals surface area (Å²) in [5.74, 6) is 1.88. The quantitative estimate of drug-likeness (QED) is 0.681. The van der Waals surface area contributed by atoms with E-state index < -0.39 is 0 Å². The lowest BCUT2D eigenvalue weighted by Crippen LogP contribution is -2.48. The number of methoxy groups -OCH3 is 2. The number of morpholine rings is 1. The summed E-state index contributed by atoms with van der Waals surface area (Å²) in [6, 6.07) is 3.55. The van der Waals surface area contributed by atoms with Crippen molar-refractivity contribution >= 4 is 21.8 Å². The molecule has 3 rings (SSSR count). The minimum atomic E-state index is 0.0381. The van der Waals surface area contributed by atoms with Gasteiger partial charge in [0.05, 0.1) is 26.4 Å². The van der Waals surface area contributed by atoms with E-state index >= 15 is 0 Å². The number of ether oxygens (including phenoxy) is 3. The Balaban J connectivity index is 1.58. The van der Waals surface area contributed by atoms with Gasteiger partial charge in [0.25, 0.3) is 5.91 Å². The standard InChI is InChI=1S/C21H31BrN2O4/c1-14-11-23(12-15(2)28-14)13-16-5-7-24(8-6-16)21(25)17-9-18(26-3)20(22)19(10-17)27-4/h9-10,14-16H,5-8,11-13H2,1-4H3. The third kappa shape index (κ3) is 4.99. The van der Waals surface area contributed by atoms with Gasteiger partial charge in [-0.25, -0.2) is 0 Å². The number of hydrogen-bond acceptors (Lipinski definition) is 5. The van der Waals surface area contributed by atoms with Crippen molar-refractivity contribution in [3.8, 4) is 11.5 Å². The van der Waals surface area contributed by atoms with Crippen LogP contribution in [0.15, 0.2) is 16.6 Å². The van der Waals surface area contributed by atoms with Crippen LogP contribution < -0.4 is 9.47 Å². The number of carbonyl (C=O) groups excluding carboxylic acids is 1. The fourth-order valence-corrected chi connectivity index (χ4v) is 4.85. The third-order valence-corrected chi connectivity index (χ3v) is 6.39. The van der Waals surface area contributed by atoms with Crippen molar-refractivity contribution in [3.05, 3.63) is 22.2 Å². The van der Waals surface area contributed by atoms with Crippen LogP contribution in [-0.4, -0.2) is 74.9 Å². The molecule has 7 heteroatoms. The molecule has 0 spiro atoms. The van der Waals surface area contributed by atoms with Crippen molar-refractivity contribution in [1.29, 1.82) is 0 Å².